The van der Waals surface area contributed by atoms with Crippen LogP contribution >= 0.6 is 0 Å². The molecule has 0 aliphatic heterocycles. The first-order valence-electron chi connectivity index (χ1n) is 20.6. The Labute approximate surface area is 365 Å². The summed E-state index contributed by atoms with van der Waals surface area (Å²) in [6.45, 7) is 0. The molecule has 0 bridgehead atoms. The molecule has 0 aliphatic rings. The average molecular weight is 819 g/mol. The summed E-state index contributed by atoms with van der Waals surface area (Å²) in [6, 6.07) is 77.3. The first kappa shape index (κ1) is 38.7. The molecule has 0 fully saturated rings. The molecule has 10 nitrogen and oxygen atoms in total. The Morgan fingerprint density at radius 3 is 0.857 bits per heavy atom. The Kier molecular flexibility index (Phi) is 10.6. The van der Waals surface area contributed by atoms with Gasteiger partial charge in [0.2, 0.25) is 0 Å². The third-order valence-corrected chi connectivity index (χ3v) is 11.4. The number of benzene rings is 8. The summed E-state index contributed by atoms with van der Waals surface area (Å²) in [6.07, 6.45) is 0. The Bertz CT molecular complexity index is 2640. The molecule has 0 atom stereocenters. The number of nitrogens with zero attached hydrogens (tertiary/aromatic N) is 8. The Hall–Kier alpha value is -8.44. The van der Waals surface area contributed by atoms with Crippen molar-refractivity contribution in [1.29, 1.82) is 0 Å². The van der Waals surface area contributed by atoms with Gasteiger partial charge in [-0.3, -0.25) is 0 Å². The molecule has 10 rings (SSSR count). The molecule has 0 saturated carbocycles. The monoisotopic (exact) mass is 818 g/mol. The summed E-state index contributed by atoms with van der Waals surface area (Å²) in [4.78, 5) is 0. The van der Waals surface area contributed by atoms with E-state index in [1.807, 2.05) is 167 Å². The molecule has 2 heterocycles. The van der Waals surface area contributed by atoms with Crippen LogP contribution in [0.2, 0.25) is 0 Å². The molecule has 0 spiro atoms. The van der Waals surface area contributed by atoms with E-state index in [1.165, 1.54) is 0 Å². The summed E-state index contributed by atoms with van der Waals surface area (Å²) in [5, 5.41) is 27.4. The van der Waals surface area contributed by atoms with Crippen molar-refractivity contribution in [2.45, 2.75) is 11.1 Å². The molecule has 0 saturated heterocycles. The van der Waals surface area contributed by atoms with Gasteiger partial charge in [-0.05, 0) is 78.5 Å². The zero-order valence-electron chi connectivity index (χ0n) is 34.0. The predicted octanol–water partition coefficient (Wildman–Crippen LogP) is 9.40. The van der Waals surface area contributed by atoms with Gasteiger partial charge in [0.15, 0.2) is 11.6 Å². The highest BCUT2D eigenvalue weighted by atomic mass is 16.6. The van der Waals surface area contributed by atoms with Crippen LogP contribution in [0.3, 0.4) is 0 Å². The van der Waals surface area contributed by atoms with Crippen LogP contribution in [-0.2, 0) is 11.1 Å². The van der Waals surface area contributed by atoms with E-state index in [0.717, 1.165) is 33.4 Å². The lowest BCUT2D eigenvalue weighted by Crippen LogP contribution is -2.39. The van der Waals surface area contributed by atoms with E-state index in [1.54, 1.807) is 0 Å². The summed E-state index contributed by atoms with van der Waals surface area (Å²) in [5.41, 5.74) is 5.45. The first-order valence-corrected chi connectivity index (χ1v) is 20.6. The van der Waals surface area contributed by atoms with Crippen LogP contribution in [0.4, 0.5) is 0 Å². The quantitative estimate of drug-likeness (QED) is 0.0790. The van der Waals surface area contributed by atoms with E-state index in [9.17, 15) is 0 Å². The van der Waals surface area contributed by atoms with Crippen LogP contribution < -0.4 is 9.31 Å². The lowest BCUT2D eigenvalue weighted by molar-refractivity contribution is 0.444. The van der Waals surface area contributed by atoms with Crippen LogP contribution in [0.15, 0.2) is 231 Å². The summed E-state index contributed by atoms with van der Waals surface area (Å²) >= 11 is 0. The molecule has 63 heavy (non-hydrogen) atoms. The number of rotatable bonds is 14. The van der Waals surface area contributed by atoms with Gasteiger partial charge in [-0.25, -0.2) is 9.36 Å². The standard InChI is InChI=1S/C52H39BN8O2/c1-7-23-39(24-8-1)51(40-25-9-2-10-26-40,41-27-11-3-12-28-41)60-49(54-56-58-60)45-35-19-21-37-47(45)62-53-63-48-38-22-20-36-46(48)50-55-57-59-61(50)52(42-29-13-4-14-30-42,43-31-15-5-16-32-43)44-33-17-6-18-34-44/h1-38,53H. The van der Waals surface area contributed by atoms with Crippen LogP contribution in [-0.4, -0.2) is 48.1 Å². The molecular formula is C52H39BN8O2. The number of aromatic nitrogens is 8. The second-order valence-corrected chi connectivity index (χ2v) is 14.8. The Morgan fingerprint density at radius 1 is 0.317 bits per heavy atom. The number of para-hydroxylation sites is 2. The minimum Gasteiger partial charge on any atom is -0.528 e. The molecule has 10 aromatic rings. The molecule has 11 heteroatoms. The second-order valence-electron chi connectivity index (χ2n) is 14.8. The van der Waals surface area contributed by atoms with E-state index in [-0.39, 0.29) is 7.69 Å². The number of tetrazole rings is 2. The van der Waals surface area contributed by atoms with Gasteiger partial charge in [-0.15, -0.1) is 10.2 Å². The predicted molar refractivity (Wildman–Crippen MR) is 244 cm³/mol. The zero-order valence-corrected chi connectivity index (χ0v) is 34.0. The summed E-state index contributed by atoms with van der Waals surface area (Å²) in [7, 11) is -0.139. The smallest absolute Gasteiger partial charge is 0.528 e. The van der Waals surface area contributed by atoms with Crippen molar-refractivity contribution in [3.63, 3.8) is 0 Å². The first-order chi connectivity index (χ1) is 31.3. The lowest BCUT2D eigenvalue weighted by Gasteiger charge is -2.36. The Balaban J connectivity index is 1.03. The normalized spacial score (nSPS) is 11.5. The van der Waals surface area contributed by atoms with Crippen LogP contribution in [0.1, 0.15) is 33.4 Å². The molecule has 8 aromatic carbocycles. The van der Waals surface area contributed by atoms with E-state index in [4.69, 9.17) is 19.7 Å². The second kappa shape index (κ2) is 17.3. The van der Waals surface area contributed by atoms with Gasteiger partial charge in [-0.1, -0.05) is 206 Å². The van der Waals surface area contributed by atoms with E-state index >= 15 is 0 Å². The van der Waals surface area contributed by atoms with Crippen LogP contribution in [0, 0.1) is 0 Å². The number of hydrogen-bond donors (Lipinski definition) is 0. The van der Waals surface area contributed by atoms with E-state index in [2.05, 4.69) is 93.4 Å². The summed E-state index contributed by atoms with van der Waals surface area (Å²) in [5.74, 6) is 2.10. The lowest BCUT2D eigenvalue weighted by atomic mass is 9.77. The van der Waals surface area contributed by atoms with Gasteiger partial charge in [0, 0.05) is 0 Å². The topological polar surface area (TPSA) is 106 Å². The third-order valence-electron chi connectivity index (χ3n) is 11.4. The largest absolute Gasteiger partial charge is 0.576 e. The highest BCUT2D eigenvalue weighted by Gasteiger charge is 2.43. The van der Waals surface area contributed by atoms with E-state index < -0.39 is 11.1 Å². The fraction of sp³-hybridized carbons (Fsp3) is 0.0385. The van der Waals surface area contributed by atoms with Crippen LogP contribution in [0.25, 0.3) is 22.8 Å². The molecule has 0 aliphatic carbocycles. The fourth-order valence-corrected chi connectivity index (χ4v) is 8.68. The maximum absolute atomic E-state index is 6.54. The molecule has 0 N–H and O–H groups in total. The molecule has 0 amide bonds. The zero-order chi connectivity index (χ0) is 42.3. The van der Waals surface area contributed by atoms with Crippen molar-refractivity contribution < 1.29 is 9.31 Å². The van der Waals surface area contributed by atoms with Gasteiger partial charge in [0.05, 0.1) is 11.1 Å². The van der Waals surface area contributed by atoms with Crippen molar-refractivity contribution in [3.05, 3.63) is 264 Å². The van der Waals surface area contributed by atoms with Gasteiger partial charge < -0.3 is 9.31 Å². The van der Waals surface area contributed by atoms with Crippen molar-refractivity contribution in [2.24, 2.45) is 0 Å². The minimum atomic E-state index is -0.941. The van der Waals surface area contributed by atoms with Gasteiger partial charge in [0.25, 0.3) is 0 Å². The SMILES string of the molecule is B(Oc1ccccc1-c1nnnn1C(c1ccccc1)(c1ccccc1)c1ccccc1)Oc1ccccc1-c1nnnn1C(c1ccccc1)(c1ccccc1)c1ccccc1. The third kappa shape index (κ3) is 6.91. The highest BCUT2D eigenvalue weighted by Crippen LogP contribution is 2.45. The summed E-state index contributed by atoms with van der Waals surface area (Å²) < 4.78 is 16.9. The number of hydrogen-bond acceptors (Lipinski definition) is 8. The maximum Gasteiger partial charge on any atom is 0.576 e. The van der Waals surface area contributed by atoms with Gasteiger partial charge in [0.1, 0.15) is 22.6 Å². The molecule has 302 valence electrons. The molecule has 0 unspecified atom stereocenters. The van der Waals surface area contributed by atoms with Crippen molar-refractivity contribution in [2.75, 3.05) is 0 Å². The minimum absolute atomic E-state index is 0.139. The Morgan fingerprint density at radius 2 is 0.571 bits per heavy atom. The molecule has 2 aromatic heterocycles. The van der Waals surface area contributed by atoms with Gasteiger partial charge in [-0.2, -0.15) is 0 Å². The van der Waals surface area contributed by atoms with Crippen LogP contribution in [0.5, 0.6) is 11.5 Å². The molecule has 0 radical (unpaired) electrons. The van der Waals surface area contributed by atoms with Crippen molar-refractivity contribution >= 4 is 7.69 Å². The fourth-order valence-electron chi connectivity index (χ4n) is 8.68. The molecular weight excluding hydrogens is 779 g/mol. The maximum atomic E-state index is 6.54. The van der Waals surface area contributed by atoms with Crippen molar-refractivity contribution in [3.8, 4) is 34.3 Å². The van der Waals surface area contributed by atoms with Crippen molar-refractivity contribution in [1.82, 2.24) is 40.4 Å². The highest BCUT2D eigenvalue weighted by molar-refractivity contribution is 6.21. The van der Waals surface area contributed by atoms with Gasteiger partial charge >= 0.3 is 7.69 Å². The van der Waals surface area contributed by atoms with E-state index in [0.29, 0.717) is 34.3 Å². The average Bonchev–Trinajstić information content (AvgIpc) is 4.06.